The molecule has 4 aromatic rings. The first kappa shape index (κ1) is 20.3. The SMILES string of the molecule is [2H]C([2H])([2H])C(C)c1onc(-c2c(C)cccc2Cl)c1COc1cc(Cl)c(/C=C/c2ccccc2)cc1F. The Balaban J connectivity index is 1.67. The molecule has 3 nitrogen and oxygen atoms in total. The molecule has 1 heterocycles. The standard InChI is InChI=1S/C28H24Cl2FNO2/c1-17(2)28-21(27(32-34-28)26-18(3)8-7-11-22(26)29)16-33-25-15-23(30)20(14-24(25)31)13-12-19-9-5-4-6-10-19/h4-15,17H,16H2,1-3H3/b13-12+/i1D3. The van der Waals surface area contributed by atoms with Gasteiger partial charge in [0.15, 0.2) is 11.6 Å². The van der Waals surface area contributed by atoms with Crippen LogP contribution in [0.3, 0.4) is 0 Å². The van der Waals surface area contributed by atoms with Crippen LogP contribution in [0.25, 0.3) is 23.4 Å². The van der Waals surface area contributed by atoms with Crippen molar-refractivity contribution in [3.05, 3.63) is 105 Å². The van der Waals surface area contributed by atoms with E-state index in [4.69, 9.17) is 36.6 Å². The van der Waals surface area contributed by atoms with Crippen molar-refractivity contribution in [3.8, 4) is 17.0 Å². The molecule has 0 saturated heterocycles. The first-order valence-electron chi connectivity index (χ1n) is 12.1. The second-order valence-corrected chi connectivity index (χ2v) is 8.68. The fourth-order valence-electron chi connectivity index (χ4n) is 3.61. The van der Waals surface area contributed by atoms with E-state index < -0.39 is 18.6 Å². The number of nitrogens with zero attached hydrogens (tertiary/aromatic N) is 1. The van der Waals surface area contributed by atoms with Gasteiger partial charge >= 0.3 is 0 Å². The first-order valence-corrected chi connectivity index (χ1v) is 11.4. The predicted molar refractivity (Wildman–Crippen MR) is 137 cm³/mol. The molecule has 34 heavy (non-hydrogen) atoms. The summed E-state index contributed by atoms with van der Waals surface area (Å²) in [5.74, 6) is -1.55. The average Bonchev–Trinajstić information content (AvgIpc) is 3.26. The Hall–Kier alpha value is -3.08. The molecule has 4 rings (SSSR count). The van der Waals surface area contributed by atoms with E-state index in [1.165, 1.54) is 19.1 Å². The molecule has 174 valence electrons. The maximum Gasteiger partial charge on any atom is 0.165 e. The fraction of sp³-hybridized carbons (Fsp3) is 0.179. The number of aryl methyl sites for hydroxylation is 1. The number of benzene rings is 3. The predicted octanol–water partition coefficient (Wildman–Crippen LogP) is 8.97. The summed E-state index contributed by atoms with van der Waals surface area (Å²) >= 11 is 12.9. The monoisotopic (exact) mass is 498 g/mol. The first-order chi connectivity index (χ1) is 17.6. The normalized spacial score (nSPS) is 14.0. The lowest BCUT2D eigenvalue weighted by molar-refractivity contribution is 0.284. The number of hydrogen-bond donors (Lipinski definition) is 0. The van der Waals surface area contributed by atoms with Crippen LogP contribution in [0.15, 0.2) is 65.2 Å². The van der Waals surface area contributed by atoms with Gasteiger partial charge in [-0.15, -0.1) is 0 Å². The summed E-state index contributed by atoms with van der Waals surface area (Å²) < 4.78 is 49.9. The van der Waals surface area contributed by atoms with E-state index in [1.807, 2.05) is 49.4 Å². The van der Waals surface area contributed by atoms with Crippen LogP contribution in [0.5, 0.6) is 5.75 Å². The number of hydrogen-bond acceptors (Lipinski definition) is 3. The van der Waals surface area contributed by atoms with Gasteiger partial charge in [-0.3, -0.25) is 0 Å². The zero-order chi connectivity index (χ0) is 26.7. The molecule has 0 saturated carbocycles. The van der Waals surface area contributed by atoms with Crippen LogP contribution >= 0.6 is 23.2 Å². The Morgan fingerprint density at radius 3 is 2.62 bits per heavy atom. The summed E-state index contributed by atoms with van der Waals surface area (Å²) in [6.45, 7) is 0.828. The molecular formula is C28H24Cl2FNO2. The van der Waals surface area contributed by atoms with Crippen LogP contribution in [0.2, 0.25) is 10.0 Å². The van der Waals surface area contributed by atoms with Crippen molar-refractivity contribution in [1.82, 2.24) is 5.16 Å². The van der Waals surface area contributed by atoms with E-state index >= 15 is 4.39 Å². The van der Waals surface area contributed by atoms with E-state index in [1.54, 1.807) is 18.2 Å². The molecule has 1 atom stereocenters. The lowest BCUT2D eigenvalue weighted by Crippen LogP contribution is -2.03. The van der Waals surface area contributed by atoms with E-state index in [9.17, 15) is 0 Å². The second-order valence-electron chi connectivity index (χ2n) is 7.86. The van der Waals surface area contributed by atoms with Gasteiger partial charge in [-0.2, -0.15) is 0 Å². The fourth-order valence-corrected chi connectivity index (χ4v) is 4.14. The van der Waals surface area contributed by atoms with Gasteiger partial charge in [0.05, 0.1) is 15.6 Å². The van der Waals surface area contributed by atoms with E-state index in [2.05, 4.69) is 5.16 Å². The van der Waals surface area contributed by atoms with Gasteiger partial charge in [0.2, 0.25) is 0 Å². The zero-order valence-electron chi connectivity index (χ0n) is 21.6. The molecule has 1 unspecified atom stereocenters. The molecule has 0 spiro atoms. The van der Waals surface area contributed by atoms with Crippen molar-refractivity contribution in [2.45, 2.75) is 33.2 Å². The third-order valence-electron chi connectivity index (χ3n) is 5.35. The van der Waals surface area contributed by atoms with Crippen molar-refractivity contribution < 1.29 is 17.8 Å². The summed E-state index contributed by atoms with van der Waals surface area (Å²) in [6.07, 6.45) is 3.55. The molecule has 6 heteroatoms. The van der Waals surface area contributed by atoms with Crippen LogP contribution < -0.4 is 4.74 Å². The molecule has 0 N–H and O–H groups in total. The number of halogens is 3. The van der Waals surface area contributed by atoms with Crippen LogP contribution in [0.4, 0.5) is 4.39 Å². The minimum Gasteiger partial charge on any atom is -0.486 e. The Morgan fingerprint density at radius 2 is 1.88 bits per heavy atom. The lowest BCUT2D eigenvalue weighted by atomic mass is 9.98. The highest BCUT2D eigenvalue weighted by Gasteiger charge is 2.23. The maximum absolute atomic E-state index is 15.0. The van der Waals surface area contributed by atoms with Crippen LogP contribution in [0.1, 0.15) is 51.8 Å². The molecule has 0 bridgehead atoms. The number of aromatic nitrogens is 1. The molecule has 0 aliphatic heterocycles. The molecule has 0 aliphatic carbocycles. The van der Waals surface area contributed by atoms with Crippen molar-refractivity contribution in [1.29, 1.82) is 0 Å². The van der Waals surface area contributed by atoms with Crippen molar-refractivity contribution in [2.24, 2.45) is 0 Å². The third-order valence-corrected chi connectivity index (χ3v) is 5.99. The van der Waals surface area contributed by atoms with E-state index in [-0.39, 0.29) is 18.1 Å². The lowest BCUT2D eigenvalue weighted by Gasteiger charge is -2.12. The van der Waals surface area contributed by atoms with Gasteiger partial charge in [0.25, 0.3) is 0 Å². The summed E-state index contributed by atoms with van der Waals surface area (Å²) in [5.41, 5.74) is 3.58. The van der Waals surface area contributed by atoms with Crippen LogP contribution in [-0.4, -0.2) is 5.16 Å². The minimum absolute atomic E-state index is 0.0858. The highest BCUT2D eigenvalue weighted by molar-refractivity contribution is 6.33. The summed E-state index contributed by atoms with van der Waals surface area (Å²) in [4.78, 5) is 0. The molecule has 1 aromatic heterocycles. The van der Waals surface area contributed by atoms with Gasteiger partial charge in [-0.05, 0) is 35.7 Å². The Kier molecular flexibility index (Phi) is 6.25. The maximum atomic E-state index is 15.0. The van der Waals surface area contributed by atoms with Gasteiger partial charge in [0.1, 0.15) is 18.1 Å². The van der Waals surface area contributed by atoms with Crippen LogP contribution in [-0.2, 0) is 6.61 Å². The number of rotatable bonds is 7. The molecule has 0 fully saturated rings. The Morgan fingerprint density at radius 1 is 1.09 bits per heavy atom. The van der Waals surface area contributed by atoms with E-state index in [0.29, 0.717) is 32.4 Å². The molecule has 0 aliphatic rings. The van der Waals surface area contributed by atoms with Crippen molar-refractivity contribution in [2.75, 3.05) is 0 Å². The second kappa shape index (κ2) is 10.5. The third kappa shape index (κ3) is 5.19. The van der Waals surface area contributed by atoms with Gasteiger partial charge < -0.3 is 9.26 Å². The van der Waals surface area contributed by atoms with Gasteiger partial charge in [-0.1, -0.05) is 96.8 Å². The Bertz CT molecular complexity index is 1420. The van der Waals surface area contributed by atoms with E-state index in [0.717, 1.165) is 11.1 Å². The summed E-state index contributed by atoms with van der Waals surface area (Å²) in [6, 6.07) is 17.6. The summed E-state index contributed by atoms with van der Waals surface area (Å²) in [5, 5.41) is 4.86. The highest BCUT2D eigenvalue weighted by Crippen LogP contribution is 2.37. The molecular weight excluding hydrogens is 472 g/mol. The molecule has 0 radical (unpaired) electrons. The van der Waals surface area contributed by atoms with Gasteiger partial charge in [-0.25, -0.2) is 4.39 Å². The average molecular weight is 499 g/mol. The largest absolute Gasteiger partial charge is 0.486 e. The molecule has 0 amide bonds. The minimum atomic E-state index is -2.34. The van der Waals surface area contributed by atoms with Crippen molar-refractivity contribution in [3.63, 3.8) is 0 Å². The molecule has 3 aromatic carbocycles. The zero-order valence-corrected chi connectivity index (χ0v) is 20.1. The topological polar surface area (TPSA) is 35.3 Å². The van der Waals surface area contributed by atoms with Gasteiger partial charge in [0, 0.05) is 21.7 Å². The summed E-state index contributed by atoms with van der Waals surface area (Å²) in [7, 11) is 0. The Labute approximate surface area is 213 Å². The van der Waals surface area contributed by atoms with Crippen LogP contribution in [0, 0.1) is 12.7 Å². The number of ether oxygens (including phenoxy) is 1. The quantitative estimate of drug-likeness (QED) is 0.238. The smallest absolute Gasteiger partial charge is 0.165 e. The highest BCUT2D eigenvalue weighted by atomic mass is 35.5. The van der Waals surface area contributed by atoms with Crippen molar-refractivity contribution >= 4 is 35.4 Å².